The number of nitrogens with zero attached hydrogens (tertiary/aromatic N) is 3. The van der Waals surface area contributed by atoms with Crippen LogP contribution in [0, 0.1) is 0 Å². The third kappa shape index (κ3) is 4.43. The van der Waals surface area contributed by atoms with E-state index in [0.717, 1.165) is 58.7 Å². The molecule has 2 aliphatic heterocycles. The second-order valence-corrected chi connectivity index (χ2v) is 6.13. The summed E-state index contributed by atoms with van der Waals surface area (Å²) in [5.41, 5.74) is 0. The molecule has 0 spiro atoms. The van der Waals surface area contributed by atoms with Crippen molar-refractivity contribution in [2.45, 2.75) is 32.2 Å². The molecule has 1 atom stereocenters. The first-order valence-electron chi connectivity index (χ1n) is 8.11. The number of hydrogen-bond donors (Lipinski definition) is 1. The quantitative estimate of drug-likeness (QED) is 0.804. The predicted octanol–water partition coefficient (Wildman–Crippen LogP) is 0.224. The summed E-state index contributed by atoms with van der Waals surface area (Å²) in [4.78, 5) is 19.4. The average Bonchev–Trinajstić information content (AvgIpc) is 2.80. The van der Waals surface area contributed by atoms with Gasteiger partial charge in [0.2, 0.25) is 5.91 Å². The van der Waals surface area contributed by atoms with Gasteiger partial charge in [-0.05, 0) is 39.4 Å². The highest BCUT2D eigenvalue weighted by Gasteiger charge is 2.25. The maximum Gasteiger partial charge on any atom is 0.236 e. The smallest absolute Gasteiger partial charge is 0.236 e. The molecule has 1 N–H and O–H groups in total. The zero-order valence-electron chi connectivity index (χ0n) is 13.1. The Labute approximate surface area is 123 Å². The highest BCUT2D eigenvalue weighted by molar-refractivity contribution is 5.78. The van der Waals surface area contributed by atoms with Gasteiger partial charge in [-0.15, -0.1) is 0 Å². The Hall–Kier alpha value is -0.650. The largest absolute Gasteiger partial charge is 0.340 e. The van der Waals surface area contributed by atoms with E-state index in [1.165, 1.54) is 6.42 Å². The summed E-state index contributed by atoms with van der Waals surface area (Å²) in [6.45, 7) is 9.88. The Bertz CT molecular complexity index is 302. The van der Waals surface area contributed by atoms with Gasteiger partial charge in [-0.2, -0.15) is 0 Å². The summed E-state index contributed by atoms with van der Waals surface area (Å²) in [6, 6.07) is 0.525. The van der Waals surface area contributed by atoms with E-state index < -0.39 is 0 Å². The second kappa shape index (κ2) is 7.96. The molecule has 0 aromatic heterocycles. The van der Waals surface area contributed by atoms with E-state index in [-0.39, 0.29) is 0 Å². The molecule has 116 valence electrons. The minimum Gasteiger partial charge on any atom is -0.340 e. The van der Waals surface area contributed by atoms with Crippen molar-refractivity contribution < 1.29 is 4.79 Å². The van der Waals surface area contributed by atoms with Crippen molar-refractivity contribution >= 4 is 5.91 Å². The summed E-state index contributed by atoms with van der Waals surface area (Å²) in [5, 5.41) is 3.36. The molecule has 2 heterocycles. The minimum atomic E-state index is 0.316. The standard InChI is InChI=1S/C15H30N4O/c1-3-14-12-17(2)8-5-10-19(14)13-15(20)18-9-4-6-16-7-11-18/h14,16H,3-13H2,1-2H3. The van der Waals surface area contributed by atoms with Crippen LogP contribution in [0.3, 0.4) is 0 Å². The third-order valence-electron chi connectivity index (χ3n) is 4.53. The summed E-state index contributed by atoms with van der Waals surface area (Å²) in [7, 11) is 2.19. The van der Waals surface area contributed by atoms with Gasteiger partial charge in [-0.25, -0.2) is 0 Å². The molecule has 1 amide bonds. The third-order valence-corrected chi connectivity index (χ3v) is 4.53. The highest BCUT2D eigenvalue weighted by Crippen LogP contribution is 2.12. The van der Waals surface area contributed by atoms with Crippen LogP contribution in [0.2, 0.25) is 0 Å². The van der Waals surface area contributed by atoms with Gasteiger partial charge in [0.25, 0.3) is 0 Å². The van der Waals surface area contributed by atoms with Crippen LogP contribution in [-0.2, 0) is 4.79 Å². The van der Waals surface area contributed by atoms with Crippen LogP contribution >= 0.6 is 0 Å². The van der Waals surface area contributed by atoms with Crippen LogP contribution in [0.4, 0.5) is 0 Å². The summed E-state index contributed by atoms with van der Waals surface area (Å²) in [6.07, 6.45) is 3.37. The monoisotopic (exact) mass is 282 g/mol. The van der Waals surface area contributed by atoms with Gasteiger partial charge in [0.15, 0.2) is 0 Å². The van der Waals surface area contributed by atoms with Crippen LogP contribution in [0.5, 0.6) is 0 Å². The molecule has 0 saturated carbocycles. The van der Waals surface area contributed by atoms with E-state index in [0.29, 0.717) is 18.5 Å². The van der Waals surface area contributed by atoms with Crippen molar-refractivity contribution in [3.63, 3.8) is 0 Å². The van der Waals surface area contributed by atoms with Crippen molar-refractivity contribution in [1.29, 1.82) is 0 Å². The second-order valence-electron chi connectivity index (χ2n) is 6.13. The molecule has 20 heavy (non-hydrogen) atoms. The number of amides is 1. The first-order chi connectivity index (χ1) is 9.70. The number of rotatable bonds is 3. The van der Waals surface area contributed by atoms with Gasteiger partial charge >= 0.3 is 0 Å². The molecule has 2 rings (SSSR count). The van der Waals surface area contributed by atoms with Gasteiger partial charge in [0, 0.05) is 38.8 Å². The Morgan fingerprint density at radius 2 is 2.00 bits per heavy atom. The van der Waals surface area contributed by atoms with Gasteiger partial charge in [0.1, 0.15) is 0 Å². The molecule has 0 aliphatic carbocycles. The van der Waals surface area contributed by atoms with E-state index in [1.54, 1.807) is 0 Å². The Kier molecular flexibility index (Phi) is 6.26. The summed E-state index contributed by atoms with van der Waals surface area (Å²) in [5.74, 6) is 0.316. The molecule has 5 nitrogen and oxygen atoms in total. The van der Waals surface area contributed by atoms with Crippen molar-refractivity contribution in [2.75, 3.05) is 59.4 Å². The molecule has 0 aromatic rings. The van der Waals surface area contributed by atoms with E-state index in [1.807, 2.05) is 4.90 Å². The fourth-order valence-corrected chi connectivity index (χ4v) is 3.26. The normalized spacial score (nSPS) is 27.1. The van der Waals surface area contributed by atoms with Crippen LogP contribution < -0.4 is 5.32 Å². The molecule has 5 heteroatoms. The van der Waals surface area contributed by atoms with Crippen molar-refractivity contribution in [1.82, 2.24) is 20.0 Å². The van der Waals surface area contributed by atoms with E-state index in [4.69, 9.17) is 0 Å². The fourth-order valence-electron chi connectivity index (χ4n) is 3.26. The summed E-state index contributed by atoms with van der Waals surface area (Å²) >= 11 is 0. The molecule has 0 aromatic carbocycles. The lowest BCUT2D eigenvalue weighted by atomic mass is 10.2. The van der Waals surface area contributed by atoms with Crippen LogP contribution in [0.1, 0.15) is 26.2 Å². The van der Waals surface area contributed by atoms with E-state index in [9.17, 15) is 4.79 Å². The molecule has 1 unspecified atom stereocenters. The SMILES string of the molecule is CCC1CN(C)CCCN1CC(=O)N1CCCNCC1. The number of carbonyl (C=O) groups is 1. The van der Waals surface area contributed by atoms with Crippen LogP contribution in [-0.4, -0.2) is 86.1 Å². The number of hydrogen-bond acceptors (Lipinski definition) is 4. The Morgan fingerprint density at radius 1 is 1.15 bits per heavy atom. The van der Waals surface area contributed by atoms with Gasteiger partial charge < -0.3 is 15.1 Å². The topological polar surface area (TPSA) is 38.8 Å². The minimum absolute atomic E-state index is 0.316. The number of likely N-dealkylation sites (N-methyl/N-ethyl adjacent to an activating group) is 1. The van der Waals surface area contributed by atoms with Gasteiger partial charge in [0.05, 0.1) is 6.54 Å². The molecular formula is C15H30N4O. The number of carbonyl (C=O) groups excluding carboxylic acids is 1. The first kappa shape index (κ1) is 15.7. The lowest BCUT2D eigenvalue weighted by molar-refractivity contribution is -0.132. The Balaban J connectivity index is 1.90. The highest BCUT2D eigenvalue weighted by atomic mass is 16.2. The first-order valence-corrected chi connectivity index (χ1v) is 8.11. The lowest BCUT2D eigenvalue weighted by Gasteiger charge is -2.31. The maximum absolute atomic E-state index is 12.5. The van der Waals surface area contributed by atoms with Gasteiger partial charge in [-0.3, -0.25) is 9.69 Å². The van der Waals surface area contributed by atoms with E-state index >= 15 is 0 Å². The maximum atomic E-state index is 12.5. The molecule has 2 fully saturated rings. The van der Waals surface area contributed by atoms with E-state index in [2.05, 4.69) is 29.1 Å². The predicted molar refractivity (Wildman–Crippen MR) is 81.8 cm³/mol. The zero-order chi connectivity index (χ0) is 14.4. The van der Waals surface area contributed by atoms with Gasteiger partial charge in [-0.1, -0.05) is 6.92 Å². The zero-order valence-corrected chi connectivity index (χ0v) is 13.1. The van der Waals surface area contributed by atoms with Crippen molar-refractivity contribution in [3.05, 3.63) is 0 Å². The van der Waals surface area contributed by atoms with Crippen molar-refractivity contribution in [3.8, 4) is 0 Å². The fraction of sp³-hybridized carbons (Fsp3) is 0.933. The Morgan fingerprint density at radius 3 is 2.80 bits per heavy atom. The molecule has 2 saturated heterocycles. The van der Waals surface area contributed by atoms with Crippen molar-refractivity contribution in [2.24, 2.45) is 0 Å². The molecule has 0 bridgehead atoms. The summed E-state index contributed by atoms with van der Waals surface area (Å²) < 4.78 is 0. The molecule has 2 aliphatic rings. The van der Waals surface area contributed by atoms with Crippen LogP contribution in [0.25, 0.3) is 0 Å². The lowest BCUT2D eigenvalue weighted by Crippen LogP contribution is -2.47. The van der Waals surface area contributed by atoms with Crippen LogP contribution in [0.15, 0.2) is 0 Å². The number of nitrogens with one attached hydrogen (secondary N) is 1. The molecule has 0 radical (unpaired) electrons. The molecular weight excluding hydrogens is 252 g/mol. The average molecular weight is 282 g/mol.